The number of allylic oxidation sites excluding steroid dienone is 4. The fourth-order valence-electron chi connectivity index (χ4n) is 3.34. The van der Waals surface area contributed by atoms with Crippen LogP contribution in [0.15, 0.2) is 46.5 Å². The quantitative estimate of drug-likeness (QED) is 0.686. The maximum absolute atomic E-state index is 12.3. The van der Waals surface area contributed by atoms with Crippen LogP contribution in [0.4, 0.5) is 5.69 Å². The van der Waals surface area contributed by atoms with Gasteiger partial charge >= 0.3 is 0 Å². The number of nitrogens with zero attached hydrogens (tertiary/aromatic N) is 1. The molecular formula is C17H15NO. The van der Waals surface area contributed by atoms with Crippen LogP contribution in [-0.2, 0) is 4.79 Å². The van der Waals surface area contributed by atoms with Crippen LogP contribution in [0.2, 0.25) is 0 Å². The lowest BCUT2D eigenvalue weighted by molar-refractivity contribution is -0.117. The first kappa shape index (κ1) is 10.9. The second kappa shape index (κ2) is 3.32. The molecule has 0 fully saturated rings. The third kappa shape index (κ3) is 1.43. The van der Waals surface area contributed by atoms with Gasteiger partial charge in [0.15, 0.2) is 5.78 Å². The van der Waals surface area contributed by atoms with Crippen molar-refractivity contribution in [2.24, 2.45) is 10.4 Å². The zero-order chi connectivity index (χ0) is 13.2. The van der Waals surface area contributed by atoms with E-state index in [0.29, 0.717) is 6.42 Å². The fourth-order valence-corrected chi connectivity index (χ4v) is 3.34. The summed E-state index contributed by atoms with van der Waals surface area (Å²) in [7, 11) is 0. The predicted molar refractivity (Wildman–Crippen MR) is 76.6 cm³/mol. The molecule has 1 aromatic rings. The summed E-state index contributed by atoms with van der Waals surface area (Å²) >= 11 is 0. The van der Waals surface area contributed by atoms with Gasteiger partial charge in [-0.2, -0.15) is 0 Å². The Morgan fingerprint density at radius 2 is 1.95 bits per heavy atom. The maximum atomic E-state index is 12.3. The van der Waals surface area contributed by atoms with E-state index in [0.717, 1.165) is 40.1 Å². The van der Waals surface area contributed by atoms with Crippen molar-refractivity contribution in [1.29, 1.82) is 0 Å². The molecule has 0 amide bonds. The summed E-state index contributed by atoms with van der Waals surface area (Å²) in [6.07, 6.45) is 3.64. The smallest absolute Gasteiger partial charge is 0.163 e. The molecule has 1 heterocycles. The molecular weight excluding hydrogens is 234 g/mol. The first-order valence-corrected chi connectivity index (χ1v) is 6.72. The third-order valence-corrected chi connectivity index (χ3v) is 4.18. The number of carbonyl (C=O) groups excluding carboxylic acids is 1. The van der Waals surface area contributed by atoms with E-state index >= 15 is 0 Å². The first-order valence-electron chi connectivity index (χ1n) is 6.72. The molecule has 19 heavy (non-hydrogen) atoms. The van der Waals surface area contributed by atoms with Crippen LogP contribution in [0.1, 0.15) is 32.3 Å². The lowest BCUT2D eigenvalue weighted by atomic mass is 9.74. The highest BCUT2D eigenvalue weighted by Crippen LogP contribution is 2.48. The van der Waals surface area contributed by atoms with Crippen LogP contribution in [-0.4, -0.2) is 11.5 Å². The molecule has 1 aliphatic heterocycles. The van der Waals surface area contributed by atoms with Gasteiger partial charge < -0.3 is 0 Å². The monoisotopic (exact) mass is 249 g/mol. The van der Waals surface area contributed by atoms with Crippen LogP contribution in [0, 0.1) is 5.41 Å². The summed E-state index contributed by atoms with van der Waals surface area (Å²) in [6, 6.07) is 8.17. The van der Waals surface area contributed by atoms with Gasteiger partial charge in [0.1, 0.15) is 0 Å². The number of ketones is 1. The van der Waals surface area contributed by atoms with Crippen LogP contribution >= 0.6 is 0 Å². The topological polar surface area (TPSA) is 29.4 Å². The average molecular weight is 249 g/mol. The normalized spacial score (nSPS) is 22.7. The molecule has 0 atom stereocenters. The number of fused-ring (bicyclic) bond motifs is 4. The number of para-hydroxylation sites is 1. The summed E-state index contributed by atoms with van der Waals surface area (Å²) < 4.78 is 0. The summed E-state index contributed by atoms with van der Waals surface area (Å²) in [5.41, 5.74) is 6.50. The second-order valence-corrected chi connectivity index (χ2v) is 6.37. The SMILES string of the molecule is CC1(C)CC(=O)C2=C(C1)C1=Nc3ccccc3C1=C2. The molecule has 1 aromatic carbocycles. The number of hydrogen-bond donors (Lipinski definition) is 0. The molecule has 0 spiro atoms. The molecule has 0 bridgehead atoms. The van der Waals surface area contributed by atoms with Crippen molar-refractivity contribution >= 4 is 22.8 Å². The highest BCUT2D eigenvalue weighted by atomic mass is 16.1. The molecule has 0 radical (unpaired) electrons. The molecule has 4 rings (SSSR count). The summed E-state index contributed by atoms with van der Waals surface area (Å²) in [5, 5.41) is 0. The van der Waals surface area contributed by atoms with Gasteiger partial charge in [-0.25, -0.2) is 4.99 Å². The third-order valence-electron chi connectivity index (χ3n) is 4.18. The van der Waals surface area contributed by atoms with Crippen molar-refractivity contribution in [1.82, 2.24) is 0 Å². The Kier molecular flexibility index (Phi) is 1.91. The van der Waals surface area contributed by atoms with E-state index in [1.54, 1.807) is 0 Å². The van der Waals surface area contributed by atoms with Crippen molar-refractivity contribution in [3.05, 3.63) is 47.1 Å². The minimum atomic E-state index is 0.0521. The minimum Gasteiger partial charge on any atom is -0.294 e. The molecule has 0 saturated carbocycles. The zero-order valence-electron chi connectivity index (χ0n) is 11.2. The maximum Gasteiger partial charge on any atom is 0.163 e. The Morgan fingerprint density at radius 1 is 1.16 bits per heavy atom. The van der Waals surface area contributed by atoms with E-state index in [2.05, 4.69) is 26.0 Å². The van der Waals surface area contributed by atoms with Gasteiger partial charge in [0, 0.05) is 23.1 Å². The van der Waals surface area contributed by atoms with Gasteiger partial charge in [-0.1, -0.05) is 32.0 Å². The summed E-state index contributed by atoms with van der Waals surface area (Å²) in [6.45, 7) is 4.32. The van der Waals surface area contributed by atoms with Gasteiger partial charge in [-0.3, -0.25) is 4.79 Å². The molecule has 94 valence electrons. The van der Waals surface area contributed by atoms with Crippen molar-refractivity contribution in [3.8, 4) is 0 Å². The van der Waals surface area contributed by atoms with Gasteiger partial charge in [0.2, 0.25) is 0 Å². The number of carbonyl (C=O) groups is 1. The lowest BCUT2D eigenvalue weighted by Gasteiger charge is -2.29. The predicted octanol–water partition coefficient (Wildman–Crippen LogP) is 3.86. The Labute approximate surface area is 112 Å². The van der Waals surface area contributed by atoms with E-state index < -0.39 is 0 Å². The molecule has 3 aliphatic rings. The summed E-state index contributed by atoms with van der Waals surface area (Å²) in [4.78, 5) is 17.0. The Bertz CT molecular complexity index is 717. The standard InChI is InChI=1S/C17H15NO/c1-17(2)8-13-11(15(19)9-17)7-12-10-5-3-4-6-14(10)18-16(12)13/h3-7H,8-9H2,1-2H3. The van der Waals surface area contributed by atoms with Crippen LogP contribution in [0.3, 0.4) is 0 Å². The van der Waals surface area contributed by atoms with Crippen LogP contribution in [0.5, 0.6) is 0 Å². The molecule has 0 saturated heterocycles. The Morgan fingerprint density at radius 3 is 2.79 bits per heavy atom. The molecule has 2 heteroatoms. The Balaban J connectivity index is 1.88. The van der Waals surface area contributed by atoms with Crippen LogP contribution < -0.4 is 0 Å². The number of aliphatic imine (C=N–C) groups is 1. The summed E-state index contributed by atoms with van der Waals surface area (Å²) in [5.74, 6) is 0.272. The van der Waals surface area contributed by atoms with Crippen molar-refractivity contribution in [2.45, 2.75) is 26.7 Å². The second-order valence-electron chi connectivity index (χ2n) is 6.37. The first-order chi connectivity index (χ1) is 9.05. The van der Waals surface area contributed by atoms with E-state index in [4.69, 9.17) is 4.99 Å². The van der Waals surface area contributed by atoms with Gasteiger partial charge in [0.05, 0.1) is 11.4 Å². The molecule has 0 unspecified atom stereocenters. The number of benzene rings is 1. The van der Waals surface area contributed by atoms with Crippen LogP contribution in [0.25, 0.3) is 5.57 Å². The van der Waals surface area contributed by atoms with E-state index in [1.807, 2.05) is 18.2 Å². The average Bonchev–Trinajstić information content (AvgIpc) is 2.85. The fraction of sp³-hybridized carbons (Fsp3) is 0.294. The van der Waals surface area contributed by atoms with E-state index in [1.165, 1.54) is 0 Å². The van der Waals surface area contributed by atoms with Crippen molar-refractivity contribution in [3.63, 3.8) is 0 Å². The van der Waals surface area contributed by atoms with Gasteiger partial charge in [-0.15, -0.1) is 0 Å². The molecule has 0 N–H and O–H groups in total. The highest BCUT2D eigenvalue weighted by molar-refractivity contribution is 6.41. The van der Waals surface area contributed by atoms with E-state index in [-0.39, 0.29) is 11.2 Å². The van der Waals surface area contributed by atoms with Crippen molar-refractivity contribution < 1.29 is 4.79 Å². The molecule has 2 nitrogen and oxygen atoms in total. The Hall–Kier alpha value is -1.96. The zero-order valence-corrected chi connectivity index (χ0v) is 11.2. The number of Topliss-reactive ketones (excluding diaryl/α,β-unsaturated/α-hetero) is 1. The molecule has 0 aromatic heterocycles. The number of rotatable bonds is 0. The minimum absolute atomic E-state index is 0.0521. The molecule has 2 aliphatic carbocycles. The largest absolute Gasteiger partial charge is 0.294 e. The van der Waals surface area contributed by atoms with Crippen molar-refractivity contribution in [2.75, 3.05) is 0 Å². The number of hydrogen-bond acceptors (Lipinski definition) is 2. The lowest BCUT2D eigenvalue weighted by Crippen LogP contribution is -2.25. The van der Waals surface area contributed by atoms with E-state index in [9.17, 15) is 4.79 Å². The van der Waals surface area contributed by atoms with Gasteiger partial charge in [0.25, 0.3) is 0 Å². The van der Waals surface area contributed by atoms with Gasteiger partial charge in [-0.05, 0) is 29.6 Å². The highest BCUT2D eigenvalue weighted by Gasteiger charge is 2.40.